The number of nitrogens with zero attached hydrogens (tertiary/aromatic N) is 1. The van der Waals surface area contributed by atoms with Crippen LogP contribution in [0.3, 0.4) is 0 Å². The molecule has 0 radical (unpaired) electrons. The predicted octanol–water partition coefficient (Wildman–Crippen LogP) is 1.64. The summed E-state index contributed by atoms with van der Waals surface area (Å²) in [5.74, 6) is -1.10. The maximum absolute atomic E-state index is 12.4. The number of carboxylic acids is 1. The summed E-state index contributed by atoms with van der Waals surface area (Å²) in [4.78, 5) is 10.7. The zero-order valence-electron chi connectivity index (χ0n) is 12.3. The Morgan fingerprint density at radius 2 is 1.90 bits per heavy atom. The molecular formula is C14H21NO5S. The second-order valence-corrected chi connectivity index (χ2v) is 6.73. The monoisotopic (exact) mass is 315 g/mol. The molecule has 118 valence electrons. The van der Waals surface area contributed by atoms with Gasteiger partial charge in [-0.25, -0.2) is 8.42 Å². The molecule has 0 aromatic heterocycles. The fourth-order valence-electron chi connectivity index (χ4n) is 1.83. The van der Waals surface area contributed by atoms with Gasteiger partial charge in [0.25, 0.3) is 0 Å². The van der Waals surface area contributed by atoms with E-state index in [1.807, 2.05) is 6.92 Å². The first-order valence-electron chi connectivity index (χ1n) is 6.64. The van der Waals surface area contributed by atoms with Crippen LogP contribution in [0.2, 0.25) is 0 Å². The lowest BCUT2D eigenvalue weighted by atomic mass is 10.2. The van der Waals surface area contributed by atoms with Gasteiger partial charge in [-0.1, -0.05) is 17.7 Å². The Kier molecular flexibility index (Phi) is 6.64. The average molecular weight is 315 g/mol. The minimum atomic E-state index is -3.57. The van der Waals surface area contributed by atoms with Crippen molar-refractivity contribution in [3.8, 4) is 0 Å². The molecule has 7 heteroatoms. The van der Waals surface area contributed by atoms with Crippen molar-refractivity contribution < 1.29 is 23.1 Å². The molecule has 6 nitrogen and oxygen atoms in total. The molecule has 0 spiro atoms. The van der Waals surface area contributed by atoms with E-state index in [1.54, 1.807) is 24.3 Å². The van der Waals surface area contributed by atoms with Gasteiger partial charge in [-0.15, -0.1) is 0 Å². The summed E-state index contributed by atoms with van der Waals surface area (Å²) in [7, 11) is -2.06. The minimum Gasteiger partial charge on any atom is -0.481 e. The molecule has 1 N–H and O–H groups in total. The molecule has 0 amide bonds. The van der Waals surface area contributed by atoms with Crippen molar-refractivity contribution in [1.82, 2.24) is 0 Å². The molecule has 0 bridgehead atoms. The third kappa shape index (κ3) is 5.73. The molecule has 0 atom stereocenters. The van der Waals surface area contributed by atoms with Gasteiger partial charge in [0.1, 0.15) is 0 Å². The van der Waals surface area contributed by atoms with Crippen LogP contribution in [-0.2, 0) is 19.6 Å². The standard InChI is InChI=1S/C14H21NO5S/c1-12-4-6-13(7-5-12)15(9-8-14(16)17)21(18,19)11-3-10-20-2/h4-7H,3,8-11H2,1-2H3,(H,16,17). The average Bonchev–Trinajstić information content (AvgIpc) is 2.40. The third-order valence-corrected chi connectivity index (χ3v) is 4.81. The van der Waals surface area contributed by atoms with Crippen LogP contribution in [-0.4, -0.2) is 45.5 Å². The van der Waals surface area contributed by atoms with E-state index in [2.05, 4.69) is 0 Å². The molecule has 0 saturated heterocycles. The topological polar surface area (TPSA) is 83.9 Å². The number of rotatable bonds is 9. The summed E-state index contributed by atoms with van der Waals surface area (Å²) in [6, 6.07) is 6.97. The van der Waals surface area contributed by atoms with Crippen molar-refractivity contribution in [3.05, 3.63) is 29.8 Å². The Morgan fingerprint density at radius 1 is 1.29 bits per heavy atom. The summed E-state index contributed by atoms with van der Waals surface area (Å²) >= 11 is 0. The Bertz CT molecular complexity index is 553. The van der Waals surface area contributed by atoms with E-state index in [9.17, 15) is 13.2 Å². The normalized spacial score (nSPS) is 11.3. The van der Waals surface area contributed by atoms with Gasteiger partial charge in [0, 0.05) is 20.3 Å². The van der Waals surface area contributed by atoms with Crippen molar-refractivity contribution in [3.63, 3.8) is 0 Å². The largest absolute Gasteiger partial charge is 0.481 e. The van der Waals surface area contributed by atoms with E-state index in [0.717, 1.165) is 9.87 Å². The summed E-state index contributed by atoms with van der Waals surface area (Å²) < 4.78 is 30.8. The highest BCUT2D eigenvalue weighted by Gasteiger charge is 2.22. The molecule has 0 saturated carbocycles. The number of hydrogen-bond donors (Lipinski definition) is 1. The Morgan fingerprint density at radius 3 is 2.43 bits per heavy atom. The minimum absolute atomic E-state index is 0.0751. The zero-order valence-corrected chi connectivity index (χ0v) is 13.1. The second kappa shape index (κ2) is 7.99. The maximum atomic E-state index is 12.4. The van der Waals surface area contributed by atoms with Crippen LogP contribution in [0, 0.1) is 6.92 Å². The highest BCUT2D eigenvalue weighted by Crippen LogP contribution is 2.20. The molecular weight excluding hydrogens is 294 g/mol. The lowest BCUT2D eigenvalue weighted by Gasteiger charge is -2.24. The molecule has 0 aliphatic rings. The van der Waals surface area contributed by atoms with Crippen molar-refractivity contribution in [1.29, 1.82) is 0 Å². The maximum Gasteiger partial charge on any atom is 0.305 e. The number of hydrogen-bond acceptors (Lipinski definition) is 4. The summed E-state index contributed by atoms with van der Waals surface area (Å²) in [6.45, 7) is 2.17. The zero-order chi connectivity index (χ0) is 15.9. The Labute approximate surface area is 125 Å². The van der Waals surface area contributed by atoms with E-state index in [1.165, 1.54) is 7.11 Å². The van der Waals surface area contributed by atoms with Crippen molar-refractivity contribution in [2.45, 2.75) is 19.8 Å². The number of carbonyl (C=O) groups is 1. The quantitative estimate of drug-likeness (QED) is 0.700. The molecule has 1 aromatic carbocycles. The van der Waals surface area contributed by atoms with E-state index in [4.69, 9.17) is 9.84 Å². The number of ether oxygens (including phenoxy) is 1. The summed E-state index contributed by atoms with van der Waals surface area (Å²) in [6.07, 6.45) is 0.131. The van der Waals surface area contributed by atoms with Gasteiger partial charge in [0.05, 0.1) is 17.9 Å². The van der Waals surface area contributed by atoms with Crippen LogP contribution < -0.4 is 4.31 Å². The lowest BCUT2D eigenvalue weighted by molar-refractivity contribution is -0.136. The molecule has 0 unspecified atom stereocenters. The van der Waals surface area contributed by atoms with Crippen molar-refractivity contribution in [2.24, 2.45) is 0 Å². The number of sulfonamides is 1. The van der Waals surface area contributed by atoms with Gasteiger partial charge in [-0.2, -0.15) is 0 Å². The first-order valence-corrected chi connectivity index (χ1v) is 8.25. The van der Waals surface area contributed by atoms with Crippen LogP contribution in [0.25, 0.3) is 0 Å². The number of aryl methyl sites for hydroxylation is 1. The van der Waals surface area contributed by atoms with Crippen LogP contribution in [0.5, 0.6) is 0 Å². The van der Waals surface area contributed by atoms with E-state index in [-0.39, 0.29) is 18.7 Å². The number of benzene rings is 1. The first-order chi connectivity index (χ1) is 9.86. The summed E-state index contributed by atoms with van der Waals surface area (Å²) in [5, 5.41) is 8.79. The molecule has 1 rings (SSSR count). The number of methoxy groups -OCH3 is 1. The highest BCUT2D eigenvalue weighted by molar-refractivity contribution is 7.92. The van der Waals surface area contributed by atoms with Crippen LogP contribution in [0.15, 0.2) is 24.3 Å². The Hall–Kier alpha value is -1.60. The highest BCUT2D eigenvalue weighted by atomic mass is 32.2. The van der Waals surface area contributed by atoms with Gasteiger partial charge in [-0.05, 0) is 25.5 Å². The smallest absolute Gasteiger partial charge is 0.305 e. The first kappa shape index (κ1) is 17.5. The second-order valence-electron chi connectivity index (χ2n) is 4.71. The lowest BCUT2D eigenvalue weighted by Crippen LogP contribution is -2.35. The molecule has 21 heavy (non-hydrogen) atoms. The molecule has 0 aliphatic heterocycles. The van der Waals surface area contributed by atoms with Gasteiger partial charge >= 0.3 is 5.97 Å². The van der Waals surface area contributed by atoms with Crippen LogP contribution in [0.4, 0.5) is 5.69 Å². The number of anilines is 1. The molecule has 0 aliphatic carbocycles. The fraction of sp³-hybridized carbons (Fsp3) is 0.500. The molecule has 0 fully saturated rings. The number of carboxylic acid groups (broad SMARTS) is 1. The molecule has 1 aromatic rings. The third-order valence-electron chi connectivity index (χ3n) is 2.94. The van der Waals surface area contributed by atoms with E-state index >= 15 is 0 Å². The van der Waals surface area contributed by atoms with E-state index in [0.29, 0.717) is 18.7 Å². The Balaban J connectivity index is 2.95. The van der Waals surface area contributed by atoms with Gasteiger partial charge in [0.15, 0.2) is 0 Å². The van der Waals surface area contributed by atoms with Crippen LogP contribution >= 0.6 is 0 Å². The van der Waals surface area contributed by atoms with E-state index < -0.39 is 16.0 Å². The van der Waals surface area contributed by atoms with Crippen molar-refractivity contribution in [2.75, 3.05) is 30.3 Å². The van der Waals surface area contributed by atoms with Gasteiger partial charge in [0.2, 0.25) is 10.0 Å². The SMILES string of the molecule is COCCCS(=O)(=O)N(CCC(=O)O)c1ccc(C)cc1. The molecule has 0 heterocycles. The number of aliphatic carboxylic acids is 1. The predicted molar refractivity (Wildman–Crippen MR) is 81.1 cm³/mol. The van der Waals surface area contributed by atoms with Crippen LogP contribution in [0.1, 0.15) is 18.4 Å². The van der Waals surface area contributed by atoms with Gasteiger partial charge in [-0.3, -0.25) is 9.10 Å². The summed E-state index contributed by atoms with van der Waals surface area (Å²) in [5.41, 5.74) is 1.49. The van der Waals surface area contributed by atoms with Gasteiger partial charge < -0.3 is 9.84 Å². The van der Waals surface area contributed by atoms with Crippen molar-refractivity contribution >= 4 is 21.7 Å². The fourth-order valence-corrected chi connectivity index (χ4v) is 3.35.